The fraction of sp³-hybridized carbons (Fsp3) is 0.136. The van der Waals surface area contributed by atoms with Crippen molar-refractivity contribution in [1.82, 2.24) is 0 Å². The smallest absolute Gasteiger partial charge is 0.273 e. The monoisotopic (exact) mass is 439 g/mol. The van der Waals surface area contributed by atoms with Gasteiger partial charge in [0.05, 0.1) is 16.3 Å². The molecular weight excluding hydrogens is 418 g/mol. The number of para-hydroxylation sites is 2. The van der Waals surface area contributed by atoms with Gasteiger partial charge in [-0.2, -0.15) is 0 Å². The molecule has 0 spiro atoms. The Hall–Kier alpha value is -3.72. The van der Waals surface area contributed by atoms with Gasteiger partial charge in [0.15, 0.2) is 0 Å². The third-order valence-corrected chi connectivity index (χ3v) is 6.74. The van der Waals surface area contributed by atoms with E-state index in [2.05, 4.69) is 5.32 Å². The number of carbonyl (C=O) groups is 1. The molecule has 0 aromatic heterocycles. The number of rotatable bonds is 7. The standard InChI is InChI=1S/C22H21N3O5S/c1-3-24(17-10-5-4-6-11-17)31(29,30)21-15-8-7-13-19(21)23-22(26)18-12-9-14-20(16(18)2)25(27)28/h4-15H,3H2,1-2H3,(H,23,26). The van der Waals surface area contributed by atoms with E-state index in [0.717, 1.165) is 0 Å². The molecule has 3 aromatic rings. The first-order valence-electron chi connectivity index (χ1n) is 9.49. The van der Waals surface area contributed by atoms with E-state index in [-0.39, 0.29) is 33.9 Å². The van der Waals surface area contributed by atoms with Gasteiger partial charge in [-0.25, -0.2) is 8.42 Å². The lowest BCUT2D eigenvalue weighted by Crippen LogP contribution is -2.31. The quantitative estimate of drug-likeness (QED) is 0.434. The zero-order valence-electron chi connectivity index (χ0n) is 17.0. The summed E-state index contributed by atoms with van der Waals surface area (Å²) in [6.07, 6.45) is 0. The summed E-state index contributed by atoms with van der Waals surface area (Å²) >= 11 is 0. The highest BCUT2D eigenvalue weighted by Crippen LogP contribution is 2.29. The zero-order chi connectivity index (χ0) is 22.6. The maximum atomic E-state index is 13.4. The highest BCUT2D eigenvalue weighted by atomic mass is 32.2. The van der Waals surface area contributed by atoms with Crippen molar-refractivity contribution in [3.05, 3.63) is 94.0 Å². The Morgan fingerprint density at radius 3 is 2.29 bits per heavy atom. The Morgan fingerprint density at radius 1 is 1.00 bits per heavy atom. The van der Waals surface area contributed by atoms with Crippen LogP contribution < -0.4 is 9.62 Å². The van der Waals surface area contributed by atoms with Gasteiger partial charge in [-0.3, -0.25) is 19.2 Å². The van der Waals surface area contributed by atoms with Crippen molar-refractivity contribution in [3.63, 3.8) is 0 Å². The van der Waals surface area contributed by atoms with Crippen molar-refractivity contribution < 1.29 is 18.1 Å². The van der Waals surface area contributed by atoms with E-state index in [0.29, 0.717) is 5.69 Å². The summed E-state index contributed by atoms with van der Waals surface area (Å²) in [7, 11) is -3.98. The fourth-order valence-electron chi connectivity index (χ4n) is 3.26. The van der Waals surface area contributed by atoms with Gasteiger partial charge in [0.2, 0.25) is 0 Å². The molecule has 0 radical (unpaired) electrons. The van der Waals surface area contributed by atoms with Crippen LogP contribution in [0.15, 0.2) is 77.7 Å². The largest absolute Gasteiger partial charge is 0.321 e. The number of amides is 1. The van der Waals surface area contributed by atoms with Crippen LogP contribution in [0.1, 0.15) is 22.8 Å². The molecule has 31 heavy (non-hydrogen) atoms. The average Bonchev–Trinajstić information content (AvgIpc) is 2.75. The van der Waals surface area contributed by atoms with E-state index < -0.39 is 20.9 Å². The summed E-state index contributed by atoms with van der Waals surface area (Å²) in [5.41, 5.74) is 0.699. The Morgan fingerprint density at radius 2 is 1.65 bits per heavy atom. The van der Waals surface area contributed by atoms with Crippen molar-refractivity contribution in [2.24, 2.45) is 0 Å². The molecule has 0 heterocycles. The number of hydrogen-bond acceptors (Lipinski definition) is 5. The van der Waals surface area contributed by atoms with Crippen LogP contribution in [-0.2, 0) is 10.0 Å². The molecule has 0 atom stereocenters. The highest BCUT2D eigenvalue weighted by Gasteiger charge is 2.27. The maximum absolute atomic E-state index is 13.4. The molecule has 0 aliphatic carbocycles. The van der Waals surface area contributed by atoms with E-state index in [1.807, 2.05) is 0 Å². The molecule has 0 unspecified atom stereocenters. The molecule has 0 aliphatic rings. The predicted molar refractivity (Wildman–Crippen MR) is 119 cm³/mol. The van der Waals surface area contributed by atoms with Crippen LogP contribution in [0.2, 0.25) is 0 Å². The molecule has 0 saturated heterocycles. The van der Waals surface area contributed by atoms with Crippen LogP contribution in [0.25, 0.3) is 0 Å². The summed E-state index contributed by atoms with van der Waals surface area (Å²) in [4.78, 5) is 23.4. The summed E-state index contributed by atoms with van der Waals surface area (Å²) < 4.78 is 28.0. The van der Waals surface area contributed by atoms with Gasteiger partial charge in [0, 0.05) is 23.7 Å². The molecule has 3 aromatic carbocycles. The molecule has 0 bridgehead atoms. The number of hydrogen-bond donors (Lipinski definition) is 1. The number of benzene rings is 3. The lowest BCUT2D eigenvalue weighted by molar-refractivity contribution is -0.385. The summed E-state index contributed by atoms with van der Waals surface area (Å²) in [5, 5.41) is 13.8. The van der Waals surface area contributed by atoms with Crippen LogP contribution in [0.5, 0.6) is 0 Å². The molecule has 1 amide bonds. The van der Waals surface area contributed by atoms with Crippen LogP contribution >= 0.6 is 0 Å². The molecule has 0 saturated carbocycles. The van der Waals surface area contributed by atoms with E-state index in [1.54, 1.807) is 49.4 Å². The number of nitrogens with zero attached hydrogens (tertiary/aromatic N) is 2. The second kappa shape index (κ2) is 8.97. The Labute approximate surface area is 180 Å². The van der Waals surface area contributed by atoms with Crippen molar-refractivity contribution >= 4 is 33.0 Å². The Bertz CT molecular complexity index is 1230. The third-order valence-electron chi connectivity index (χ3n) is 4.78. The molecule has 160 valence electrons. The van der Waals surface area contributed by atoms with Gasteiger partial charge in [0.1, 0.15) is 4.90 Å². The minimum Gasteiger partial charge on any atom is -0.321 e. The molecule has 3 rings (SSSR count). The summed E-state index contributed by atoms with van der Waals surface area (Å²) in [6, 6.07) is 18.9. The fourth-order valence-corrected chi connectivity index (χ4v) is 4.88. The molecule has 1 N–H and O–H groups in total. The van der Waals surface area contributed by atoms with Gasteiger partial charge in [-0.05, 0) is 44.2 Å². The normalized spacial score (nSPS) is 11.0. The number of carbonyl (C=O) groups excluding carboxylic acids is 1. The molecule has 0 aliphatic heterocycles. The van der Waals surface area contributed by atoms with E-state index >= 15 is 0 Å². The topological polar surface area (TPSA) is 110 Å². The first-order chi connectivity index (χ1) is 14.8. The summed E-state index contributed by atoms with van der Waals surface area (Å²) in [5.74, 6) is -0.633. The van der Waals surface area contributed by atoms with Crippen molar-refractivity contribution in [2.45, 2.75) is 18.7 Å². The van der Waals surface area contributed by atoms with E-state index in [1.165, 1.54) is 41.6 Å². The minimum atomic E-state index is -3.98. The predicted octanol–water partition coefficient (Wildman–Crippen LogP) is 4.37. The van der Waals surface area contributed by atoms with Crippen LogP contribution in [0.4, 0.5) is 17.1 Å². The van der Waals surface area contributed by atoms with Gasteiger partial charge in [0.25, 0.3) is 21.6 Å². The molecule has 8 nitrogen and oxygen atoms in total. The number of nitro benzene ring substituents is 1. The second-order valence-corrected chi connectivity index (χ2v) is 8.49. The van der Waals surface area contributed by atoms with E-state index in [9.17, 15) is 23.3 Å². The maximum Gasteiger partial charge on any atom is 0.273 e. The number of anilines is 2. The zero-order valence-corrected chi connectivity index (χ0v) is 17.8. The van der Waals surface area contributed by atoms with E-state index in [4.69, 9.17) is 0 Å². The Kier molecular flexibility index (Phi) is 6.36. The first kappa shape index (κ1) is 22.0. The minimum absolute atomic E-state index is 0.0721. The van der Waals surface area contributed by atoms with Crippen LogP contribution in [-0.4, -0.2) is 25.8 Å². The lowest BCUT2D eigenvalue weighted by atomic mass is 10.1. The van der Waals surface area contributed by atoms with Gasteiger partial charge < -0.3 is 5.32 Å². The highest BCUT2D eigenvalue weighted by molar-refractivity contribution is 7.93. The molecular formula is C22H21N3O5S. The molecule has 9 heteroatoms. The van der Waals surface area contributed by atoms with Crippen molar-refractivity contribution in [1.29, 1.82) is 0 Å². The number of nitrogens with one attached hydrogen (secondary N) is 1. The molecule has 0 fully saturated rings. The Balaban J connectivity index is 2.00. The first-order valence-corrected chi connectivity index (χ1v) is 10.9. The number of sulfonamides is 1. The van der Waals surface area contributed by atoms with Crippen molar-refractivity contribution in [2.75, 3.05) is 16.2 Å². The SMILES string of the molecule is CCN(c1ccccc1)S(=O)(=O)c1ccccc1NC(=O)c1cccc([N+](=O)[O-])c1C. The van der Waals surface area contributed by atoms with Crippen LogP contribution in [0.3, 0.4) is 0 Å². The average molecular weight is 439 g/mol. The number of nitro groups is 1. The second-order valence-electron chi connectivity index (χ2n) is 6.66. The third kappa shape index (κ3) is 4.41. The van der Waals surface area contributed by atoms with Crippen LogP contribution in [0, 0.1) is 17.0 Å². The lowest BCUT2D eigenvalue weighted by Gasteiger charge is -2.24. The summed E-state index contributed by atoms with van der Waals surface area (Å²) in [6.45, 7) is 3.39. The van der Waals surface area contributed by atoms with Gasteiger partial charge >= 0.3 is 0 Å². The van der Waals surface area contributed by atoms with Gasteiger partial charge in [-0.15, -0.1) is 0 Å². The van der Waals surface area contributed by atoms with Gasteiger partial charge in [-0.1, -0.05) is 36.4 Å². The van der Waals surface area contributed by atoms with Crippen molar-refractivity contribution in [3.8, 4) is 0 Å².